The molecule has 8 heteroatoms. The molecule has 0 aliphatic heterocycles. The van der Waals surface area contributed by atoms with E-state index >= 15 is 0 Å². The van der Waals surface area contributed by atoms with E-state index in [4.69, 9.17) is 10.6 Å². The van der Waals surface area contributed by atoms with Crippen LogP contribution in [0.5, 0.6) is 0 Å². The Morgan fingerprint density at radius 3 is 2.65 bits per heavy atom. The third-order valence-corrected chi connectivity index (χ3v) is 2.85. The van der Waals surface area contributed by atoms with Crippen LogP contribution in [0, 0.1) is 10.1 Å². The molecule has 8 nitrogen and oxygen atoms in total. The number of nitrogens with one attached hydrogen (secondary N) is 2. The molecule has 0 atom stereocenters. The largest absolute Gasteiger partial charge is 0.377 e. The van der Waals surface area contributed by atoms with Crippen LogP contribution in [0.2, 0.25) is 0 Å². The van der Waals surface area contributed by atoms with Crippen molar-refractivity contribution in [3.8, 4) is 0 Å². The number of anilines is 1. The molecular weight excluding hydrogens is 264 g/mol. The van der Waals surface area contributed by atoms with Gasteiger partial charge in [0.2, 0.25) is 0 Å². The van der Waals surface area contributed by atoms with E-state index in [9.17, 15) is 14.9 Å². The Hall–Kier alpha value is -2.19. The molecule has 0 aromatic heterocycles. The van der Waals surface area contributed by atoms with E-state index < -0.39 is 16.4 Å². The van der Waals surface area contributed by atoms with E-state index in [1.807, 2.05) is 0 Å². The number of hydrazine groups is 1. The maximum Gasteiger partial charge on any atom is 0.306 e. The summed E-state index contributed by atoms with van der Waals surface area (Å²) in [6.45, 7) is 3.80. The van der Waals surface area contributed by atoms with Crippen molar-refractivity contribution < 1.29 is 14.5 Å². The number of nitrogen functional groups attached to an aromatic ring is 1. The highest BCUT2D eigenvalue weighted by atomic mass is 16.6. The normalized spacial score (nSPS) is 11.0. The second-order valence-electron chi connectivity index (χ2n) is 4.75. The smallest absolute Gasteiger partial charge is 0.306 e. The van der Waals surface area contributed by atoms with Crippen LogP contribution in [0.1, 0.15) is 24.2 Å². The lowest BCUT2D eigenvalue weighted by Crippen LogP contribution is -2.39. The molecule has 0 saturated carbocycles. The van der Waals surface area contributed by atoms with Gasteiger partial charge in [-0.25, -0.2) is 0 Å². The number of methoxy groups -OCH3 is 1. The Morgan fingerprint density at radius 1 is 1.50 bits per heavy atom. The van der Waals surface area contributed by atoms with Crippen molar-refractivity contribution in [3.05, 3.63) is 33.9 Å². The Labute approximate surface area is 116 Å². The zero-order chi connectivity index (χ0) is 15.3. The number of hydrogen-bond donors (Lipinski definition) is 3. The van der Waals surface area contributed by atoms with Gasteiger partial charge in [-0.05, 0) is 26.0 Å². The maximum atomic E-state index is 12.1. The number of amides is 1. The quantitative estimate of drug-likeness (QED) is 0.407. The molecule has 0 unspecified atom stereocenters. The molecule has 0 aliphatic carbocycles. The number of nitro benzene ring substituents is 1. The predicted molar refractivity (Wildman–Crippen MR) is 74.3 cm³/mol. The van der Waals surface area contributed by atoms with Gasteiger partial charge < -0.3 is 15.5 Å². The minimum Gasteiger partial charge on any atom is -0.377 e. The molecule has 0 fully saturated rings. The molecular formula is C12H18N4O4. The van der Waals surface area contributed by atoms with E-state index in [-0.39, 0.29) is 23.5 Å². The van der Waals surface area contributed by atoms with Gasteiger partial charge in [0, 0.05) is 13.7 Å². The van der Waals surface area contributed by atoms with Crippen molar-refractivity contribution in [2.45, 2.75) is 19.4 Å². The minimum atomic E-state index is -0.647. The molecule has 1 aromatic rings. The fraction of sp³-hybridized carbons (Fsp3) is 0.417. The summed E-state index contributed by atoms with van der Waals surface area (Å²) < 4.78 is 5.17. The number of carbonyl (C=O) groups is 1. The first-order valence-electron chi connectivity index (χ1n) is 5.90. The lowest BCUT2D eigenvalue weighted by atomic mass is 10.1. The summed E-state index contributed by atoms with van der Waals surface area (Å²) in [5, 5.41) is 13.7. The summed E-state index contributed by atoms with van der Waals surface area (Å²) in [5.74, 6) is 4.66. The fourth-order valence-electron chi connectivity index (χ4n) is 1.50. The minimum absolute atomic E-state index is 0.0580. The van der Waals surface area contributed by atoms with Crippen molar-refractivity contribution in [2.24, 2.45) is 5.84 Å². The number of benzene rings is 1. The van der Waals surface area contributed by atoms with Crippen molar-refractivity contribution in [1.82, 2.24) is 5.32 Å². The number of para-hydroxylation sites is 1. The van der Waals surface area contributed by atoms with E-state index in [0.29, 0.717) is 0 Å². The fourth-order valence-corrected chi connectivity index (χ4v) is 1.50. The molecule has 20 heavy (non-hydrogen) atoms. The summed E-state index contributed by atoms with van der Waals surface area (Å²) >= 11 is 0. The Balaban J connectivity index is 3.02. The summed E-state index contributed by atoms with van der Waals surface area (Å²) in [6, 6.07) is 4.31. The molecule has 0 heterocycles. The summed E-state index contributed by atoms with van der Waals surface area (Å²) in [5.41, 5.74) is 1.31. The maximum absolute atomic E-state index is 12.1. The van der Waals surface area contributed by atoms with Crippen molar-refractivity contribution in [1.29, 1.82) is 0 Å². The number of nitro groups is 1. The Morgan fingerprint density at radius 2 is 2.15 bits per heavy atom. The molecule has 1 amide bonds. The monoisotopic (exact) mass is 282 g/mol. The number of nitrogens with zero attached hydrogens (tertiary/aromatic N) is 1. The first kappa shape index (κ1) is 15.9. The van der Waals surface area contributed by atoms with Gasteiger partial charge in [0.25, 0.3) is 5.91 Å². The average molecular weight is 282 g/mol. The first-order chi connectivity index (χ1) is 9.32. The Bertz CT molecular complexity index is 516. The molecule has 0 radical (unpaired) electrons. The van der Waals surface area contributed by atoms with Crippen molar-refractivity contribution in [2.75, 3.05) is 19.1 Å². The molecule has 0 aliphatic rings. The number of rotatable bonds is 6. The highest BCUT2D eigenvalue weighted by molar-refractivity contribution is 6.00. The van der Waals surface area contributed by atoms with Crippen LogP contribution in [-0.4, -0.2) is 30.1 Å². The second kappa shape index (κ2) is 6.31. The van der Waals surface area contributed by atoms with E-state index in [1.165, 1.54) is 25.3 Å². The highest BCUT2D eigenvalue weighted by Crippen LogP contribution is 2.27. The summed E-state index contributed by atoms with van der Waals surface area (Å²) in [6.07, 6.45) is 0. The molecule has 1 rings (SSSR count). The van der Waals surface area contributed by atoms with E-state index in [1.54, 1.807) is 13.8 Å². The zero-order valence-electron chi connectivity index (χ0n) is 11.6. The van der Waals surface area contributed by atoms with Gasteiger partial charge in [-0.3, -0.25) is 20.8 Å². The van der Waals surface area contributed by atoms with Gasteiger partial charge in [0.15, 0.2) is 0 Å². The number of nitrogens with two attached hydrogens (primary N) is 1. The molecule has 4 N–H and O–H groups in total. The van der Waals surface area contributed by atoms with Crippen molar-refractivity contribution >= 4 is 17.3 Å². The highest BCUT2D eigenvalue weighted by Gasteiger charge is 2.25. The molecule has 110 valence electrons. The second-order valence-corrected chi connectivity index (χ2v) is 4.75. The standard InChI is InChI=1S/C12H18N4O4/c1-12(2,20-3)7-14-11(17)8-5-4-6-9(15-13)10(8)16(18)19/h4-6,15H,7,13H2,1-3H3,(H,14,17). The number of ether oxygens (including phenoxy) is 1. The molecule has 0 spiro atoms. The van der Waals surface area contributed by atoms with Crippen LogP contribution in [0.15, 0.2) is 18.2 Å². The number of hydrogen-bond acceptors (Lipinski definition) is 6. The van der Waals surface area contributed by atoms with Crippen molar-refractivity contribution in [3.63, 3.8) is 0 Å². The van der Waals surface area contributed by atoms with Crippen LogP contribution in [0.4, 0.5) is 11.4 Å². The van der Waals surface area contributed by atoms with Gasteiger partial charge in [0.05, 0.1) is 10.5 Å². The van der Waals surface area contributed by atoms with E-state index in [2.05, 4.69) is 10.7 Å². The first-order valence-corrected chi connectivity index (χ1v) is 5.90. The van der Waals surface area contributed by atoms with E-state index in [0.717, 1.165) is 0 Å². The topological polar surface area (TPSA) is 120 Å². The van der Waals surface area contributed by atoms with Crippen LogP contribution >= 0.6 is 0 Å². The van der Waals surface area contributed by atoms with Crippen LogP contribution in [0.3, 0.4) is 0 Å². The SMILES string of the molecule is COC(C)(C)CNC(=O)c1cccc(NN)c1[N+](=O)[O-]. The summed E-state index contributed by atoms with van der Waals surface area (Å²) in [4.78, 5) is 22.5. The van der Waals surface area contributed by atoms with Crippen LogP contribution in [-0.2, 0) is 4.74 Å². The van der Waals surface area contributed by atoms with Gasteiger partial charge in [-0.1, -0.05) is 6.07 Å². The van der Waals surface area contributed by atoms with Crippen LogP contribution < -0.4 is 16.6 Å². The van der Waals surface area contributed by atoms with Gasteiger partial charge in [0.1, 0.15) is 11.3 Å². The van der Waals surface area contributed by atoms with Gasteiger partial charge >= 0.3 is 5.69 Å². The van der Waals surface area contributed by atoms with Gasteiger partial charge in [-0.2, -0.15) is 0 Å². The zero-order valence-corrected chi connectivity index (χ0v) is 11.6. The molecule has 1 aromatic carbocycles. The third kappa shape index (κ3) is 3.65. The third-order valence-electron chi connectivity index (χ3n) is 2.85. The predicted octanol–water partition coefficient (Wildman–Crippen LogP) is 1.04. The molecule has 0 bridgehead atoms. The summed E-state index contributed by atoms with van der Waals surface area (Å²) in [7, 11) is 1.52. The Kier molecular flexibility index (Phi) is 5.00. The van der Waals surface area contributed by atoms with Crippen LogP contribution in [0.25, 0.3) is 0 Å². The van der Waals surface area contributed by atoms with Gasteiger partial charge in [-0.15, -0.1) is 0 Å². The lowest BCUT2D eigenvalue weighted by Gasteiger charge is -2.23. The average Bonchev–Trinajstić information content (AvgIpc) is 2.43. The molecule has 0 saturated heterocycles. The number of carbonyl (C=O) groups excluding carboxylic acids is 1. The lowest BCUT2D eigenvalue weighted by molar-refractivity contribution is -0.384.